The van der Waals surface area contributed by atoms with Gasteiger partial charge in [-0.3, -0.25) is 0 Å². The van der Waals surface area contributed by atoms with E-state index in [0.29, 0.717) is 19.4 Å². The van der Waals surface area contributed by atoms with Crippen molar-refractivity contribution in [1.82, 2.24) is 0 Å². The number of aliphatic hydroxyl groups is 1. The molecule has 0 amide bonds. The summed E-state index contributed by atoms with van der Waals surface area (Å²) >= 11 is 0. The fraction of sp³-hybridized carbons (Fsp3) is 0.846. The number of aliphatic hydroxyl groups excluding tert-OH is 1. The number of hydrogen-bond acceptors (Lipinski definition) is 3. The highest BCUT2D eigenvalue weighted by Crippen LogP contribution is 2.32. The average Bonchev–Trinajstić information content (AvgIpc) is 2.61. The van der Waals surface area contributed by atoms with Crippen molar-refractivity contribution < 1.29 is 14.6 Å². The highest BCUT2D eigenvalue weighted by Gasteiger charge is 2.38. The molecule has 0 saturated carbocycles. The minimum Gasteiger partial charge on any atom is -0.393 e. The molecule has 3 heteroatoms. The molecular weight excluding hydrogens is 204 g/mol. The van der Waals surface area contributed by atoms with Crippen LogP contribution in [0.15, 0.2) is 12.2 Å². The van der Waals surface area contributed by atoms with Gasteiger partial charge in [-0.2, -0.15) is 0 Å². The summed E-state index contributed by atoms with van der Waals surface area (Å²) in [5, 5.41) is 9.80. The Morgan fingerprint density at radius 2 is 2.12 bits per heavy atom. The van der Waals surface area contributed by atoms with Crippen molar-refractivity contribution in [3.05, 3.63) is 12.2 Å². The maximum atomic E-state index is 9.80. The zero-order chi connectivity index (χ0) is 12.2. The molecule has 0 aromatic rings. The summed E-state index contributed by atoms with van der Waals surface area (Å²) in [6.07, 6.45) is 2.65. The summed E-state index contributed by atoms with van der Waals surface area (Å²) in [5.41, 5.74) is 1.00. The first-order valence-corrected chi connectivity index (χ1v) is 6.15. The van der Waals surface area contributed by atoms with Crippen molar-refractivity contribution in [2.75, 3.05) is 6.61 Å². The van der Waals surface area contributed by atoms with Crippen LogP contribution in [0.1, 0.15) is 46.5 Å². The molecule has 0 aromatic carbocycles. The van der Waals surface area contributed by atoms with Crippen LogP contribution in [0.5, 0.6) is 0 Å². The van der Waals surface area contributed by atoms with Gasteiger partial charge < -0.3 is 14.6 Å². The maximum Gasteiger partial charge on any atom is 0.168 e. The molecule has 1 rings (SSSR count). The van der Waals surface area contributed by atoms with Gasteiger partial charge in [0.2, 0.25) is 0 Å². The predicted octanol–water partition coefficient (Wildman–Crippen LogP) is 2.64. The Bertz CT molecular complexity index is 233. The Morgan fingerprint density at radius 1 is 1.50 bits per heavy atom. The molecule has 1 aliphatic rings. The van der Waals surface area contributed by atoms with Gasteiger partial charge in [0.15, 0.2) is 5.79 Å². The lowest BCUT2D eigenvalue weighted by atomic mass is 10.1. The lowest BCUT2D eigenvalue weighted by Crippen LogP contribution is -2.29. The molecule has 94 valence electrons. The molecule has 1 aliphatic heterocycles. The van der Waals surface area contributed by atoms with Crippen molar-refractivity contribution in [1.29, 1.82) is 0 Å². The van der Waals surface area contributed by atoms with Crippen LogP contribution in [-0.2, 0) is 9.47 Å². The molecule has 0 bridgehead atoms. The fourth-order valence-electron chi connectivity index (χ4n) is 2.14. The summed E-state index contributed by atoms with van der Waals surface area (Å²) < 4.78 is 11.6. The molecule has 2 atom stereocenters. The van der Waals surface area contributed by atoms with Crippen LogP contribution < -0.4 is 0 Å². The quantitative estimate of drug-likeness (QED) is 0.710. The molecule has 0 aromatic heterocycles. The molecule has 0 unspecified atom stereocenters. The highest BCUT2D eigenvalue weighted by molar-refractivity contribution is 4.91. The van der Waals surface area contributed by atoms with Crippen molar-refractivity contribution in [2.45, 2.75) is 64.4 Å². The normalized spacial score (nSPS) is 25.6. The summed E-state index contributed by atoms with van der Waals surface area (Å²) in [6, 6.07) is 0. The molecule has 1 fully saturated rings. The van der Waals surface area contributed by atoms with Gasteiger partial charge in [-0.25, -0.2) is 0 Å². The van der Waals surface area contributed by atoms with Crippen LogP contribution in [0.3, 0.4) is 0 Å². The summed E-state index contributed by atoms with van der Waals surface area (Å²) in [7, 11) is 0. The third-order valence-corrected chi connectivity index (χ3v) is 3.11. The van der Waals surface area contributed by atoms with Crippen LogP contribution in [0.2, 0.25) is 0 Å². The topological polar surface area (TPSA) is 38.7 Å². The van der Waals surface area contributed by atoms with E-state index in [9.17, 15) is 5.11 Å². The Kier molecular flexibility index (Phi) is 4.96. The first kappa shape index (κ1) is 13.7. The van der Waals surface area contributed by atoms with E-state index in [1.165, 1.54) is 0 Å². The van der Waals surface area contributed by atoms with E-state index in [1.54, 1.807) is 0 Å². The summed E-state index contributed by atoms with van der Waals surface area (Å²) in [5.74, 6) is -0.409. The first-order valence-electron chi connectivity index (χ1n) is 6.15. The van der Waals surface area contributed by atoms with E-state index < -0.39 is 5.79 Å². The van der Waals surface area contributed by atoms with E-state index in [4.69, 9.17) is 9.47 Å². The van der Waals surface area contributed by atoms with Gasteiger partial charge >= 0.3 is 0 Å². The van der Waals surface area contributed by atoms with Crippen LogP contribution >= 0.6 is 0 Å². The lowest BCUT2D eigenvalue weighted by molar-refractivity contribution is -0.174. The third kappa shape index (κ3) is 3.58. The van der Waals surface area contributed by atoms with E-state index in [0.717, 1.165) is 18.4 Å². The molecule has 3 nitrogen and oxygen atoms in total. The van der Waals surface area contributed by atoms with Gasteiger partial charge in [0.05, 0.1) is 18.8 Å². The van der Waals surface area contributed by atoms with E-state index >= 15 is 0 Å². The molecule has 1 N–H and O–H groups in total. The van der Waals surface area contributed by atoms with Gasteiger partial charge in [-0.15, -0.1) is 6.58 Å². The Morgan fingerprint density at radius 3 is 2.56 bits per heavy atom. The fourth-order valence-corrected chi connectivity index (χ4v) is 2.14. The van der Waals surface area contributed by atoms with Gasteiger partial charge in [0.25, 0.3) is 0 Å². The molecule has 0 radical (unpaired) electrons. The zero-order valence-corrected chi connectivity index (χ0v) is 10.7. The average molecular weight is 228 g/mol. The first-order chi connectivity index (χ1) is 7.51. The smallest absolute Gasteiger partial charge is 0.168 e. The monoisotopic (exact) mass is 228 g/mol. The molecule has 1 heterocycles. The van der Waals surface area contributed by atoms with Gasteiger partial charge in [-0.05, 0) is 26.2 Å². The Hall–Kier alpha value is -0.380. The zero-order valence-electron chi connectivity index (χ0n) is 10.7. The summed E-state index contributed by atoms with van der Waals surface area (Å²) in [6.45, 7) is 10.5. The molecular formula is C13H24O3. The summed E-state index contributed by atoms with van der Waals surface area (Å²) in [4.78, 5) is 0. The number of ether oxygens (including phenoxy) is 2. The lowest BCUT2D eigenvalue weighted by Gasteiger charge is -2.25. The maximum absolute atomic E-state index is 9.80. The van der Waals surface area contributed by atoms with Crippen LogP contribution in [0.25, 0.3) is 0 Å². The second-order valence-corrected chi connectivity index (χ2v) is 4.72. The van der Waals surface area contributed by atoms with E-state index in [1.807, 2.05) is 6.92 Å². The minimum atomic E-state index is -0.409. The van der Waals surface area contributed by atoms with Gasteiger partial charge in [0.1, 0.15) is 0 Å². The largest absolute Gasteiger partial charge is 0.393 e. The van der Waals surface area contributed by atoms with E-state index in [2.05, 4.69) is 20.4 Å². The van der Waals surface area contributed by atoms with Crippen LogP contribution in [0, 0.1) is 0 Å². The SMILES string of the molecule is C=C(C)C[C@H](O)C[C@@H]1COC(CC)(CC)O1. The minimum absolute atomic E-state index is 0.0225. The van der Waals surface area contributed by atoms with Crippen molar-refractivity contribution in [3.63, 3.8) is 0 Å². The van der Waals surface area contributed by atoms with Gasteiger partial charge in [-0.1, -0.05) is 19.4 Å². The van der Waals surface area contributed by atoms with Crippen LogP contribution in [-0.4, -0.2) is 29.7 Å². The standard InChI is InChI=1S/C13H24O3/c1-5-13(6-2)15-9-12(16-13)8-11(14)7-10(3)4/h11-12,14H,3,5-9H2,1-2,4H3/t11-,12+/m0/s1. The Labute approximate surface area is 98.4 Å². The molecule has 16 heavy (non-hydrogen) atoms. The van der Waals surface area contributed by atoms with Crippen molar-refractivity contribution >= 4 is 0 Å². The second kappa shape index (κ2) is 5.80. The van der Waals surface area contributed by atoms with Crippen molar-refractivity contribution in [3.8, 4) is 0 Å². The highest BCUT2D eigenvalue weighted by atomic mass is 16.7. The molecule has 0 spiro atoms. The second-order valence-electron chi connectivity index (χ2n) is 4.72. The predicted molar refractivity (Wildman–Crippen MR) is 64.2 cm³/mol. The number of hydrogen-bond donors (Lipinski definition) is 1. The molecule has 0 aliphatic carbocycles. The molecule has 1 saturated heterocycles. The Balaban J connectivity index is 2.38. The van der Waals surface area contributed by atoms with Crippen LogP contribution in [0.4, 0.5) is 0 Å². The van der Waals surface area contributed by atoms with Crippen molar-refractivity contribution in [2.24, 2.45) is 0 Å². The number of rotatable bonds is 6. The van der Waals surface area contributed by atoms with Gasteiger partial charge in [0, 0.05) is 6.42 Å². The van der Waals surface area contributed by atoms with E-state index in [-0.39, 0.29) is 12.2 Å². The third-order valence-electron chi connectivity index (χ3n) is 3.11.